The molecule has 0 fully saturated rings. The molecule has 0 saturated carbocycles. The highest BCUT2D eigenvalue weighted by Gasteiger charge is 2.24. The minimum absolute atomic E-state index is 0.0931. The van der Waals surface area contributed by atoms with E-state index in [-0.39, 0.29) is 5.91 Å². The van der Waals surface area contributed by atoms with Crippen LogP contribution in [0, 0.1) is 6.92 Å². The van der Waals surface area contributed by atoms with Crippen LogP contribution in [0.15, 0.2) is 53.7 Å². The molecule has 0 N–H and O–H groups in total. The van der Waals surface area contributed by atoms with E-state index < -0.39 is 0 Å². The van der Waals surface area contributed by atoms with E-state index in [1.807, 2.05) is 65.9 Å². The summed E-state index contributed by atoms with van der Waals surface area (Å²) in [6.45, 7) is 3.10. The Balaban J connectivity index is 1.35. The molecule has 7 heteroatoms. The number of benzene rings is 2. The molecule has 0 unspecified atom stereocenters. The van der Waals surface area contributed by atoms with E-state index in [1.54, 1.807) is 0 Å². The second kappa shape index (κ2) is 8.06. The summed E-state index contributed by atoms with van der Waals surface area (Å²) in [6, 6.07) is 16.0. The van der Waals surface area contributed by atoms with Crippen LogP contribution in [0.1, 0.15) is 17.0 Å². The summed E-state index contributed by atoms with van der Waals surface area (Å²) < 4.78 is 7.69. The number of aryl methyl sites for hydroxylation is 1. The van der Waals surface area contributed by atoms with Crippen molar-refractivity contribution in [2.45, 2.75) is 25.1 Å². The second-order valence-electron chi connectivity index (χ2n) is 6.78. The van der Waals surface area contributed by atoms with E-state index in [1.165, 1.54) is 17.3 Å². The lowest BCUT2D eigenvalue weighted by molar-refractivity contribution is -0.116. The molecule has 2 aromatic carbocycles. The molecule has 0 bridgehead atoms. The molecule has 6 nitrogen and oxygen atoms in total. The zero-order chi connectivity index (χ0) is 19.5. The van der Waals surface area contributed by atoms with E-state index >= 15 is 0 Å². The number of ether oxygens (including phenoxy) is 1. The lowest BCUT2D eigenvalue weighted by Gasteiger charge is -2.16. The van der Waals surface area contributed by atoms with Crippen molar-refractivity contribution >= 4 is 23.4 Å². The second-order valence-corrected chi connectivity index (χ2v) is 7.72. The molecule has 0 saturated heterocycles. The molecule has 144 valence electrons. The van der Waals surface area contributed by atoms with Crippen molar-refractivity contribution in [1.29, 1.82) is 0 Å². The number of thioether (sulfide) groups is 1. The third-order valence-corrected chi connectivity index (χ3v) is 5.80. The van der Waals surface area contributed by atoms with Gasteiger partial charge in [-0.1, -0.05) is 42.1 Å². The number of rotatable bonds is 6. The number of carbonyl (C=O) groups is 1. The maximum Gasteiger partial charge on any atom is 0.237 e. The zero-order valence-electron chi connectivity index (χ0n) is 16.0. The van der Waals surface area contributed by atoms with Gasteiger partial charge in [0.15, 0.2) is 11.0 Å². The molecule has 4 rings (SSSR count). The standard InChI is InChI=1S/C21H22N4O2S/c1-15-6-5-8-17(12-15)27-13-19-22-23-21(24(19)2)28-14-20(26)25-11-10-16-7-3-4-9-18(16)25/h3-9,12H,10-11,13-14H2,1-2H3. The van der Waals surface area contributed by atoms with Crippen molar-refractivity contribution in [2.24, 2.45) is 7.05 Å². The fraction of sp³-hybridized carbons (Fsp3) is 0.286. The summed E-state index contributed by atoms with van der Waals surface area (Å²) in [5, 5.41) is 9.13. The lowest BCUT2D eigenvalue weighted by atomic mass is 10.2. The lowest BCUT2D eigenvalue weighted by Crippen LogP contribution is -2.30. The highest BCUT2D eigenvalue weighted by Crippen LogP contribution is 2.28. The van der Waals surface area contributed by atoms with Gasteiger partial charge in [0.2, 0.25) is 5.91 Å². The molecule has 0 atom stereocenters. The SMILES string of the molecule is Cc1cccc(OCc2nnc(SCC(=O)N3CCc4ccccc43)n2C)c1. The fourth-order valence-corrected chi connectivity index (χ4v) is 4.06. The molecule has 0 radical (unpaired) electrons. The number of aromatic nitrogens is 3. The topological polar surface area (TPSA) is 60.3 Å². The molecule has 1 aliphatic rings. The molecule has 3 aromatic rings. The molecule has 0 spiro atoms. The molecule has 1 amide bonds. The van der Waals surface area contributed by atoms with E-state index in [2.05, 4.69) is 16.3 Å². The monoisotopic (exact) mass is 394 g/mol. The van der Waals surface area contributed by atoms with E-state index in [9.17, 15) is 4.79 Å². The van der Waals surface area contributed by atoms with E-state index in [0.29, 0.717) is 17.5 Å². The van der Waals surface area contributed by atoms with Crippen LogP contribution in [0.4, 0.5) is 5.69 Å². The first-order valence-corrected chi connectivity index (χ1v) is 10.2. The van der Waals surface area contributed by atoms with Gasteiger partial charge in [0.05, 0.1) is 5.75 Å². The van der Waals surface area contributed by atoms with Crippen molar-refractivity contribution in [3.8, 4) is 5.75 Å². The number of carbonyl (C=O) groups excluding carboxylic acids is 1. The first-order valence-electron chi connectivity index (χ1n) is 9.20. The highest BCUT2D eigenvalue weighted by atomic mass is 32.2. The zero-order valence-corrected chi connectivity index (χ0v) is 16.8. The van der Waals surface area contributed by atoms with Gasteiger partial charge in [-0.05, 0) is 42.7 Å². The van der Waals surface area contributed by atoms with Crippen molar-refractivity contribution in [1.82, 2.24) is 14.8 Å². The smallest absolute Gasteiger partial charge is 0.237 e. The Morgan fingerprint density at radius 1 is 1.18 bits per heavy atom. The van der Waals surface area contributed by atoms with Crippen LogP contribution in [0.2, 0.25) is 0 Å². The van der Waals surface area contributed by atoms with Gasteiger partial charge < -0.3 is 14.2 Å². The first kappa shape index (κ1) is 18.6. The van der Waals surface area contributed by atoms with Crippen LogP contribution >= 0.6 is 11.8 Å². The quantitative estimate of drug-likeness (QED) is 0.600. The molecule has 1 aliphatic heterocycles. The van der Waals surface area contributed by atoms with Gasteiger partial charge >= 0.3 is 0 Å². The fourth-order valence-electron chi connectivity index (χ4n) is 3.25. The summed E-state index contributed by atoms with van der Waals surface area (Å²) in [7, 11) is 1.90. The number of anilines is 1. The van der Waals surface area contributed by atoms with Crippen LogP contribution in [-0.4, -0.2) is 33.0 Å². The molecule has 0 aliphatic carbocycles. The summed E-state index contributed by atoms with van der Waals surface area (Å²) in [5.41, 5.74) is 3.40. The van der Waals surface area contributed by atoms with Crippen molar-refractivity contribution in [3.05, 3.63) is 65.5 Å². The Hall–Kier alpha value is -2.80. The Morgan fingerprint density at radius 3 is 2.89 bits per heavy atom. The third kappa shape index (κ3) is 3.89. The number of fused-ring (bicyclic) bond motifs is 1. The maximum atomic E-state index is 12.7. The number of amides is 1. The van der Waals surface area contributed by atoms with Crippen LogP contribution in [0.3, 0.4) is 0 Å². The Bertz CT molecular complexity index is 1000. The van der Waals surface area contributed by atoms with Gasteiger partial charge in [-0.2, -0.15) is 0 Å². The van der Waals surface area contributed by atoms with Crippen molar-refractivity contribution in [3.63, 3.8) is 0 Å². The van der Waals surface area contributed by atoms with Crippen LogP contribution in [0.25, 0.3) is 0 Å². The summed E-state index contributed by atoms with van der Waals surface area (Å²) in [4.78, 5) is 14.5. The number of hydrogen-bond acceptors (Lipinski definition) is 5. The summed E-state index contributed by atoms with van der Waals surface area (Å²) in [6.07, 6.45) is 0.914. The summed E-state index contributed by atoms with van der Waals surface area (Å²) >= 11 is 1.40. The minimum Gasteiger partial charge on any atom is -0.486 e. The van der Waals surface area contributed by atoms with E-state index in [4.69, 9.17) is 4.74 Å². The van der Waals surface area contributed by atoms with Crippen LogP contribution in [0.5, 0.6) is 5.75 Å². The Labute approximate surface area is 168 Å². The van der Waals surface area contributed by atoms with Gasteiger partial charge in [0.25, 0.3) is 0 Å². The van der Waals surface area contributed by atoms with Gasteiger partial charge in [-0.15, -0.1) is 10.2 Å². The number of nitrogens with zero attached hydrogens (tertiary/aromatic N) is 4. The largest absolute Gasteiger partial charge is 0.486 e. The van der Waals surface area contributed by atoms with Crippen LogP contribution in [-0.2, 0) is 24.9 Å². The molecular formula is C21H22N4O2S. The highest BCUT2D eigenvalue weighted by molar-refractivity contribution is 7.99. The molecule has 2 heterocycles. The Kier molecular flexibility index (Phi) is 5.34. The Morgan fingerprint density at radius 2 is 2.04 bits per heavy atom. The van der Waals surface area contributed by atoms with Gasteiger partial charge in [0.1, 0.15) is 12.4 Å². The number of para-hydroxylation sites is 1. The first-order chi connectivity index (χ1) is 13.6. The van der Waals surface area contributed by atoms with Gasteiger partial charge in [0, 0.05) is 19.3 Å². The van der Waals surface area contributed by atoms with Crippen molar-refractivity contribution in [2.75, 3.05) is 17.2 Å². The van der Waals surface area contributed by atoms with Crippen LogP contribution < -0.4 is 9.64 Å². The molecular weight excluding hydrogens is 372 g/mol. The molecule has 28 heavy (non-hydrogen) atoms. The summed E-state index contributed by atoms with van der Waals surface area (Å²) in [5.74, 6) is 1.96. The minimum atomic E-state index is 0.0931. The normalized spacial score (nSPS) is 12.9. The predicted molar refractivity (Wildman–Crippen MR) is 110 cm³/mol. The van der Waals surface area contributed by atoms with Gasteiger partial charge in [-0.25, -0.2) is 0 Å². The molecule has 1 aromatic heterocycles. The third-order valence-electron chi connectivity index (χ3n) is 4.80. The maximum absolute atomic E-state index is 12.7. The number of hydrogen-bond donors (Lipinski definition) is 0. The van der Waals surface area contributed by atoms with E-state index in [0.717, 1.165) is 35.8 Å². The van der Waals surface area contributed by atoms with Gasteiger partial charge in [-0.3, -0.25) is 4.79 Å². The predicted octanol–water partition coefficient (Wildman–Crippen LogP) is 3.38. The van der Waals surface area contributed by atoms with Crippen molar-refractivity contribution < 1.29 is 9.53 Å². The average molecular weight is 395 g/mol. The average Bonchev–Trinajstić information content (AvgIpc) is 3.28.